The summed E-state index contributed by atoms with van der Waals surface area (Å²) >= 11 is 0. The van der Waals surface area contributed by atoms with Crippen LogP contribution >= 0.6 is 0 Å². The lowest BCUT2D eigenvalue weighted by Crippen LogP contribution is -2.09. The number of rotatable bonds is 4. The van der Waals surface area contributed by atoms with Crippen molar-refractivity contribution in [2.45, 2.75) is 13.5 Å². The number of nitrogens with zero attached hydrogens (tertiary/aromatic N) is 3. The monoisotopic (exact) mass is 249 g/mol. The van der Waals surface area contributed by atoms with Crippen molar-refractivity contribution in [1.82, 2.24) is 9.78 Å². The Kier molecular flexibility index (Phi) is 2.97. The molecule has 0 N–H and O–H groups in total. The Morgan fingerprint density at radius 3 is 2.83 bits per heavy atom. The molecule has 0 atom stereocenters. The molecule has 0 bridgehead atoms. The number of hydrogen-bond acceptors (Lipinski definition) is 5. The van der Waals surface area contributed by atoms with Gasteiger partial charge in [-0.15, -0.1) is 0 Å². The van der Waals surface area contributed by atoms with Crippen molar-refractivity contribution in [3.63, 3.8) is 0 Å². The van der Waals surface area contributed by atoms with E-state index in [1.807, 2.05) is 0 Å². The van der Waals surface area contributed by atoms with E-state index in [0.29, 0.717) is 16.8 Å². The number of ketones is 1. The van der Waals surface area contributed by atoms with Gasteiger partial charge in [-0.05, 0) is 13.0 Å². The minimum absolute atomic E-state index is 0.0439. The number of aromatic nitrogens is 2. The number of nitro groups is 1. The van der Waals surface area contributed by atoms with Gasteiger partial charge in [-0.3, -0.25) is 14.9 Å². The van der Waals surface area contributed by atoms with Gasteiger partial charge in [0.15, 0.2) is 5.78 Å². The number of nitro benzene ring substituents is 1. The SMILES string of the molecule is COc1c2ccc([N+](=O)[O-])cc2nn1CC(C)=O. The van der Waals surface area contributed by atoms with Gasteiger partial charge >= 0.3 is 0 Å². The molecule has 1 aromatic heterocycles. The van der Waals surface area contributed by atoms with Crippen LogP contribution in [0.4, 0.5) is 5.69 Å². The molecule has 0 fully saturated rings. The molecule has 0 aliphatic heterocycles. The Hall–Kier alpha value is -2.44. The molecule has 0 radical (unpaired) electrons. The van der Waals surface area contributed by atoms with E-state index in [2.05, 4.69) is 5.10 Å². The number of fused-ring (bicyclic) bond motifs is 1. The first-order chi connectivity index (χ1) is 8.52. The fourth-order valence-electron chi connectivity index (χ4n) is 1.75. The van der Waals surface area contributed by atoms with Gasteiger partial charge in [-0.2, -0.15) is 5.10 Å². The highest BCUT2D eigenvalue weighted by Crippen LogP contribution is 2.28. The summed E-state index contributed by atoms with van der Waals surface area (Å²) in [7, 11) is 1.47. The summed E-state index contributed by atoms with van der Waals surface area (Å²) in [4.78, 5) is 21.3. The minimum atomic E-state index is -0.490. The topological polar surface area (TPSA) is 87.3 Å². The van der Waals surface area contributed by atoms with Crippen LogP contribution in [-0.2, 0) is 11.3 Å². The third kappa shape index (κ3) is 2.02. The lowest BCUT2D eigenvalue weighted by molar-refractivity contribution is -0.384. The lowest BCUT2D eigenvalue weighted by atomic mass is 10.2. The quantitative estimate of drug-likeness (QED) is 0.605. The van der Waals surface area contributed by atoms with Crippen molar-refractivity contribution < 1.29 is 14.5 Å². The number of Topliss-reactive ketones (excluding diaryl/α,β-unsaturated/α-hetero) is 1. The van der Waals surface area contributed by atoms with Crippen molar-refractivity contribution in [3.8, 4) is 5.88 Å². The van der Waals surface area contributed by atoms with Gasteiger partial charge in [0, 0.05) is 12.1 Å². The molecule has 0 unspecified atom stereocenters. The fourth-order valence-corrected chi connectivity index (χ4v) is 1.75. The number of ether oxygens (including phenoxy) is 1. The number of non-ortho nitro benzene ring substituents is 1. The molecule has 7 heteroatoms. The van der Waals surface area contributed by atoms with Crippen LogP contribution in [0, 0.1) is 10.1 Å². The van der Waals surface area contributed by atoms with Crippen LogP contribution in [0.2, 0.25) is 0 Å². The van der Waals surface area contributed by atoms with Gasteiger partial charge in [0.25, 0.3) is 5.69 Å². The summed E-state index contributed by atoms with van der Waals surface area (Å²) < 4.78 is 6.58. The Labute approximate surface area is 102 Å². The van der Waals surface area contributed by atoms with E-state index in [4.69, 9.17) is 4.74 Å². The number of methoxy groups -OCH3 is 1. The van der Waals surface area contributed by atoms with E-state index < -0.39 is 4.92 Å². The van der Waals surface area contributed by atoms with Crippen molar-refractivity contribution in [2.24, 2.45) is 0 Å². The van der Waals surface area contributed by atoms with Gasteiger partial charge in [-0.25, -0.2) is 4.68 Å². The summed E-state index contributed by atoms with van der Waals surface area (Å²) in [6, 6.07) is 4.30. The number of benzene rings is 1. The lowest BCUT2D eigenvalue weighted by Gasteiger charge is -2.03. The van der Waals surface area contributed by atoms with Gasteiger partial charge < -0.3 is 4.74 Å². The maximum Gasteiger partial charge on any atom is 0.271 e. The molecule has 2 aromatic rings. The number of carbonyl (C=O) groups excluding carboxylic acids is 1. The normalized spacial score (nSPS) is 10.6. The minimum Gasteiger partial charge on any atom is -0.481 e. The predicted molar refractivity (Wildman–Crippen MR) is 63.6 cm³/mol. The van der Waals surface area contributed by atoms with Crippen LogP contribution in [0.25, 0.3) is 10.9 Å². The third-order valence-electron chi connectivity index (χ3n) is 2.45. The fraction of sp³-hybridized carbons (Fsp3) is 0.273. The summed E-state index contributed by atoms with van der Waals surface area (Å²) in [6.07, 6.45) is 0. The Morgan fingerprint density at radius 1 is 1.56 bits per heavy atom. The molecule has 0 saturated carbocycles. The van der Waals surface area contributed by atoms with Crippen molar-refractivity contribution in [2.75, 3.05) is 7.11 Å². The smallest absolute Gasteiger partial charge is 0.271 e. The van der Waals surface area contributed by atoms with Crippen molar-refractivity contribution >= 4 is 22.4 Å². The standard InChI is InChI=1S/C11H11N3O4/c1-7(15)6-13-11(18-2)9-4-3-8(14(16)17)5-10(9)12-13/h3-5H,6H2,1-2H3. The van der Waals surface area contributed by atoms with Crippen LogP contribution in [0.5, 0.6) is 5.88 Å². The van der Waals surface area contributed by atoms with Crippen molar-refractivity contribution in [3.05, 3.63) is 28.3 Å². The summed E-state index contributed by atoms with van der Waals surface area (Å²) in [6.45, 7) is 1.51. The van der Waals surface area contributed by atoms with E-state index in [1.165, 1.54) is 30.8 Å². The molecule has 1 heterocycles. The van der Waals surface area contributed by atoms with E-state index in [-0.39, 0.29) is 18.0 Å². The average molecular weight is 249 g/mol. The van der Waals surface area contributed by atoms with Crippen molar-refractivity contribution in [1.29, 1.82) is 0 Å². The summed E-state index contributed by atoms with van der Waals surface area (Å²) in [5.74, 6) is 0.353. The first-order valence-corrected chi connectivity index (χ1v) is 5.21. The molecule has 94 valence electrons. The zero-order valence-electron chi connectivity index (χ0n) is 9.91. The van der Waals surface area contributed by atoms with E-state index in [0.717, 1.165) is 0 Å². The molecule has 18 heavy (non-hydrogen) atoms. The Morgan fingerprint density at radius 2 is 2.28 bits per heavy atom. The molecular formula is C11H11N3O4. The Balaban J connectivity index is 2.60. The van der Waals surface area contributed by atoms with E-state index >= 15 is 0 Å². The second-order valence-corrected chi connectivity index (χ2v) is 3.83. The van der Waals surface area contributed by atoms with Crippen LogP contribution in [0.15, 0.2) is 18.2 Å². The first-order valence-electron chi connectivity index (χ1n) is 5.21. The largest absolute Gasteiger partial charge is 0.481 e. The van der Waals surface area contributed by atoms with Gasteiger partial charge in [0.1, 0.15) is 12.1 Å². The highest BCUT2D eigenvalue weighted by molar-refractivity contribution is 5.87. The molecule has 0 amide bonds. The van der Waals surface area contributed by atoms with Gasteiger partial charge in [-0.1, -0.05) is 0 Å². The molecule has 1 aromatic carbocycles. The molecule has 0 spiro atoms. The third-order valence-corrected chi connectivity index (χ3v) is 2.45. The van der Waals surface area contributed by atoms with Crippen LogP contribution < -0.4 is 4.74 Å². The van der Waals surface area contributed by atoms with Crippen LogP contribution in [0.1, 0.15) is 6.92 Å². The Bertz CT molecular complexity index is 632. The highest BCUT2D eigenvalue weighted by Gasteiger charge is 2.16. The first kappa shape index (κ1) is 12.0. The van der Waals surface area contributed by atoms with Gasteiger partial charge in [0.05, 0.1) is 17.4 Å². The zero-order chi connectivity index (χ0) is 13.3. The number of hydrogen-bond donors (Lipinski definition) is 0. The van der Waals surface area contributed by atoms with Crippen LogP contribution in [0.3, 0.4) is 0 Å². The maximum absolute atomic E-state index is 11.1. The highest BCUT2D eigenvalue weighted by atomic mass is 16.6. The summed E-state index contributed by atoms with van der Waals surface area (Å²) in [5.41, 5.74) is 0.389. The average Bonchev–Trinajstić information content (AvgIpc) is 2.63. The zero-order valence-corrected chi connectivity index (χ0v) is 9.91. The molecule has 0 aliphatic rings. The predicted octanol–water partition coefficient (Wildman–Crippen LogP) is 1.54. The molecule has 2 rings (SSSR count). The second-order valence-electron chi connectivity index (χ2n) is 3.83. The van der Waals surface area contributed by atoms with Crippen LogP contribution in [-0.4, -0.2) is 27.6 Å². The maximum atomic E-state index is 11.1. The van der Waals surface area contributed by atoms with E-state index in [9.17, 15) is 14.9 Å². The van der Waals surface area contributed by atoms with E-state index in [1.54, 1.807) is 6.07 Å². The molecule has 7 nitrogen and oxygen atoms in total. The molecular weight excluding hydrogens is 238 g/mol. The van der Waals surface area contributed by atoms with Gasteiger partial charge in [0.2, 0.25) is 5.88 Å². The number of carbonyl (C=O) groups is 1. The summed E-state index contributed by atoms with van der Waals surface area (Å²) in [5, 5.41) is 15.4. The molecule has 0 aliphatic carbocycles. The molecule has 0 saturated heterocycles. The second kappa shape index (κ2) is 4.44.